The predicted octanol–water partition coefficient (Wildman–Crippen LogP) is 4.44. The first-order valence-corrected chi connectivity index (χ1v) is 13.8. The number of hydrogen-bond acceptors (Lipinski definition) is 8. The number of nitrogens with zero attached hydrogens (tertiary/aromatic N) is 4. The molecule has 2 aliphatic carbocycles. The van der Waals surface area contributed by atoms with Crippen molar-refractivity contribution >= 4 is 23.0 Å². The summed E-state index contributed by atoms with van der Waals surface area (Å²) in [6.07, 6.45) is 2.70. The molecule has 14 heteroatoms. The lowest BCUT2D eigenvalue weighted by molar-refractivity contribution is -0.0509. The number of hydrogen-bond donors (Lipinski definition) is 2. The quantitative estimate of drug-likeness (QED) is 0.382. The summed E-state index contributed by atoms with van der Waals surface area (Å²) in [6, 6.07) is 2.90. The Morgan fingerprint density at radius 1 is 1.22 bits per heavy atom. The van der Waals surface area contributed by atoms with E-state index in [2.05, 4.69) is 25.9 Å². The fourth-order valence-corrected chi connectivity index (χ4v) is 5.74. The SMILES string of the molecule is COC[C@H](c1ccc2oc([C@@H](NC(=O)c3nonc3C3CC3)C3CCC(F)CC3)nc2c1)N1CC(F)(F)CNC1=O. The highest BCUT2D eigenvalue weighted by Crippen LogP contribution is 2.41. The molecule has 1 aromatic carbocycles. The van der Waals surface area contributed by atoms with Crippen molar-refractivity contribution in [3.63, 3.8) is 0 Å². The molecule has 220 valence electrons. The van der Waals surface area contributed by atoms with E-state index >= 15 is 0 Å². The maximum absolute atomic E-state index is 14.2. The zero-order valence-electron chi connectivity index (χ0n) is 22.4. The van der Waals surface area contributed by atoms with E-state index in [-0.39, 0.29) is 30.0 Å². The Bertz CT molecular complexity index is 1420. The molecule has 1 saturated heterocycles. The summed E-state index contributed by atoms with van der Waals surface area (Å²) in [5, 5.41) is 12.9. The number of methoxy groups -OCH3 is 1. The second-order valence-corrected chi connectivity index (χ2v) is 11.1. The third-order valence-electron chi connectivity index (χ3n) is 8.09. The second-order valence-electron chi connectivity index (χ2n) is 11.1. The number of aromatic nitrogens is 3. The molecule has 3 fully saturated rings. The van der Waals surface area contributed by atoms with Gasteiger partial charge in [0.2, 0.25) is 5.89 Å². The first-order valence-electron chi connectivity index (χ1n) is 13.8. The zero-order chi connectivity index (χ0) is 28.7. The molecule has 1 aliphatic heterocycles. The van der Waals surface area contributed by atoms with Crippen LogP contribution in [0, 0.1) is 5.92 Å². The van der Waals surface area contributed by atoms with Crippen LogP contribution in [0.15, 0.2) is 27.2 Å². The molecule has 2 aromatic heterocycles. The van der Waals surface area contributed by atoms with Gasteiger partial charge in [-0.15, -0.1) is 0 Å². The van der Waals surface area contributed by atoms with Crippen molar-refractivity contribution in [3.8, 4) is 0 Å². The van der Waals surface area contributed by atoms with Gasteiger partial charge >= 0.3 is 6.03 Å². The van der Waals surface area contributed by atoms with Gasteiger partial charge in [-0.25, -0.2) is 27.6 Å². The van der Waals surface area contributed by atoms with Crippen molar-refractivity contribution in [1.29, 1.82) is 0 Å². The Kier molecular flexibility index (Phi) is 7.34. The lowest BCUT2D eigenvalue weighted by atomic mass is 9.83. The average Bonchev–Trinajstić information content (AvgIpc) is 3.51. The van der Waals surface area contributed by atoms with Crippen molar-refractivity contribution in [2.45, 2.75) is 68.6 Å². The van der Waals surface area contributed by atoms with Crippen LogP contribution >= 0.6 is 0 Å². The van der Waals surface area contributed by atoms with Crippen LogP contribution in [0.1, 0.15) is 84.2 Å². The van der Waals surface area contributed by atoms with Gasteiger partial charge in [-0.2, -0.15) is 0 Å². The molecule has 0 unspecified atom stereocenters. The molecular formula is C27H31F3N6O5. The minimum atomic E-state index is -3.09. The molecule has 0 bridgehead atoms. The van der Waals surface area contributed by atoms with E-state index in [0.717, 1.165) is 17.7 Å². The molecule has 0 radical (unpaired) electrons. The number of alkyl halides is 3. The van der Waals surface area contributed by atoms with Gasteiger partial charge < -0.3 is 24.7 Å². The highest BCUT2D eigenvalue weighted by Gasteiger charge is 2.42. The molecule has 2 N–H and O–H groups in total. The number of halogens is 3. The van der Waals surface area contributed by atoms with Crippen LogP contribution in [-0.2, 0) is 4.74 Å². The van der Waals surface area contributed by atoms with Crippen molar-refractivity contribution in [3.05, 3.63) is 41.0 Å². The number of nitrogens with one attached hydrogen (secondary N) is 2. The fraction of sp³-hybridized carbons (Fsp3) is 0.593. The molecule has 2 saturated carbocycles. The predicted molar refractivity (Wildman–Crippen MR) is 137 cm³/mol. The van der Waals surface area contributed by atoms with Gasteiger partial charge in [0.05, 0.1) is 25.7 Å². The Labute approximate surface area is 233 Å². The minimum Gasteiger partial charge on any atom is -0.438 e. The van der Waals surface area contributed by atoms with E-state index < -0.39 is 49.2 Å². The molecular weight excluding hydrogens is 545 g/mol. The van der Waals surface area contributed by atoms with Crippen molar-refractivity contribution < 1.29 is 36.5 Å². The van der Waals surface area contributed by atoms with E-state index in [1.165, 1.54) is 7.11 Å². The first kappa shape index (κ1) is 27.5. The highest BCUT2D eigenvalue weighted by atomic mass is 19.3. The molecule has 3 amide bonds. The summed E-state index contributed by atoms with van der Waals surface area (Å²) in [4.78, 5) is 31.5. The minimum absolute atomic E-state index is 0.0140. The largest absolute Gasteiger partial charge is 0.438 e. The first-order chi connectivity index (χ1) is 19.7. The molecule has 6 rings (SSSR count). The van der Waals surface area contributed by atoms with E-state index in [4.69, 9.17) is 13.8 Å². The van der Waals surface area contributed by atoms with Crippen LogP contribution < -0.4 is 10.6 Å². The molecule has 41 heavy (non-hydrogen) atoms. The van der Waals surface area contributed by atoms with E-state index in [1.54, 1.807) is 18.2 Å². The molecule has 3 aliphatic rings. The molecule has 11 nitrogen and oxygen atoms in total. The Morgan fingerprint density at radius 3 is 2.73 bits per heavy atom. The number of amides is 3. The van der Waals surface area contributed by atoms with E-state index in [9.17, 15) is 22.8 Å². The van der Waals surface area contributed by atoms with Gasteiger partial charge in [0.1, 0.15) is 23.4 Å². The topological polar surface area (TPSA) is 136 Å². The van der Waals surface area contributed by atoms with Crippen LogP contribution in [-0.4, -0.2) is 71.0 Å². The number of urea groups is 1. The molecule has 3 heterocycles. The van der Waals surface area contributed by atoms with Gasteiger partial charge in [0.25, 0.3) is 11.8 Å². The fourth-order valence-electron chi connectivity index (χ4n) is 5.74. The van der Waals surface area contributed by atoms with Crippen molar-refractivity contribution in [1.82, 2.24) is 30.8 Å². The monoisotopic (exact) mass is 576 g/mol. The number of benzene rings is 1. The van der Waals surface area contributed by atoms with Gasteiger partial charge in [0, 0.05) is 13.0 Å². The third-order valence-corrected chi connectivity index (χ3v) is 8.09. The average molecular weight is 577 g/mol. The Hall–Kier alpha value is -3.68. The van der Waals surface area contributed by atoms with Crippen LogP contribution in [0.25, 0.3) is 11.1 Å². The number of fused-ring (bicyclic) bond motifs is 1. The number of oxazole rings is 1. The van der Waals surface area contributed by atoms with Crippen molar-refractivity contribution in [2.24, 2.45) is 5.92 Å². The lowest BCUT2D eigenvalue weighted by Crippen LogP contribution is -2.58. The second kappa shape index (κ2) is 11.0. The van der Waals surface area contributed by atoms with E-state index in [1.807, 2.05) is 0 Å². The van der Waals surface area contributed by atoms with Gasteiger partial charge in [-0.05, 0) is 67.3 Å². The maximum atomic E-state index is 14.2. The van der Waals surface area contributed by atoms with Gasteiger partial charge in [-0.1, -0.05) is 11.2 Å². The smallest absolute Gasteiger partial charge is 0.318 e. The van der Waals surface area contributed by atoms with Gasteiger partial charge in [-0.3, -0.25) is 4.79 Å². The summed E-state index contributed by atoms with van der Waals surface area (Å²) in [5.74, 6) is -3.31. The molecule has 3 aromatic rings. The Morgan fingerprint density at radius 2 is 2.00 bits per heavy atom. The van der Waals surface area contributed by atoms with Crippen LogP contribution in [0.4, 0.5) is 18.0 Å². The number of ether oxygens (including phenoxy) is 1. The molecule has 0 spiro atoms. The van der Waals surface area contributed by atoms with E-state index in [0.29, 0.717) is 48.0 Å². The number of carbonyl (C=O) groups excluding carboxylic acids is 2. The standard InChI is InChI=1S/C27H31F3N6O5/c1-39-11-19(36-13-27(29,30)12-31-26(36)38)16-6-9-20-18(10-16)32-25(40-20)22(15-4-7-17(28)8-5-15)33-24(37)23-21(14-2-3-14)34-41-35-23/h6,9-10,14-15,17,19,22H,2-5,7-8,11-13H2,1H3,(H,31,38)(H,33,37)/t15?,17?,19-,22+/m1/s1. The van der Waals surface area contributed by atoms with Crippen molar-refractivity contribution in [2.75, 3.05) is 26.8 Å². The molecule has 2 atom stereocenters. The van der Waals surface area contributed by atoms with Crippen LogP contribution in [0.2, 0.25) is 0 Å². The highest BCUT2D eigenvalue weighted by molar-refractivity contribution is 5.93. The summed E-state index contributed by atoms with van der Waals surface area (Å²) < 4.78 is 58.5. The summed E-state index contributed by atoms with van der Waals surface area (Å²) in [7, 11) is 1.43. The number of carbonyl (C=O) groups is 2. The normalized spacial score (nSPS) is 24.2. The Balaban J connectivity index is 1.30. The van der Waals surface area contributed by atoms with Crippen LogP contribution in [0.3, 0.4) is 0 Å². The maximum Gasteiger partial charge on any atom is 0.318 e. The summed E-state index contributed by atoms with van der Waals surface area (Å²) >= 11 is 0. The summed E-state index contributed by atoms with van der Waals surface area (Å²) in [6.45, 7) is -1.49. The van der Waals surface area contributed by atoms with Crippen LogP contribution in [0.5, 0.6) is 0 Å². The summed E-state index contributed by atoms with van der Waals surface area (Å²) in [5.41, 5.74) is 2.01. The third kappa shape index (κ3) is 5.74. The lowest BCUT2D eigenvalue weighted by Gasteiger charge is -2.38. The zero-order valence-corrected chi connectivity index (χ0v) is 22.4. The number of rotatable bonds is 9. The van der Waals surface area contributed by atoms with Gasteiger partial charge in [0.15, 0.2) is 11.3 Å².